The van der Waals surface area contributed by atoms with Gasteiger partial charge in [-0.05, 0) is 19.9 Å². The highest BCUT2D eigenvalue weighted by Gasteiger charge is 2.24. The molecule has 1 atom stereocenters. The summed E-state index contributed by atoms with van der Waals surface area (Å²) in [6, 6.07) is 2.69. The van der Waals surface area contributed by atoms with Crippen molar-refractivity contribution in [1.82, 2.24) is 0 Å². The van der Waals surface area contributed by atoms with Crippen molar-refractivity contribution in [2.24, 2.45) is 0 Å². The summed E-state index contributed by atoms with van der Waals surface area (Å²) >= 11 is 6.07. The number of carbonyl (C=O) groups is 1. The maximum absolute atomic E-state index is 11.2. The SMILES string of the molecule is CCOC(C)c1c(Cl)ccc([N+](=O)[O-])c1NC(C)=O. The second kappa shape index (κ2) is 6.49. The zero-order chi connectivity index (χ0) is 14.6. The van der Waals surface area contributed by atoms with Crippen LogP contribution in [0.5, 0.6) is 0 Å². The maximum Gasteiger partial charge on any atom is 0.293 e. The van der Waals surface area contributed by atoms with Crippen LogP contribution in [0.1, 0.15) is 32.4 Å². The molecule has 7 heteroatoms. The van der Waals surface area contributed by atoms with Crippen molar-refractivity contribution in [2.45, 2.75) is 26.9 Å². The van der Waals surface area contributed by atoms with Gasteiger partial charge in [-0.1, -0.05) is 11.6 Å². The first kappa shape index (κ1) is 15.4. The molecule has 6 nitrogen and oxygen atoms in total. The van der Waals surface area contributed by atoms with E-state index in [4.69, 9.17) is 16.3 Å². The predicted octanol–water partition coefficient (Wildman–Crippen LogP) is 3.30. The molecule has 0 aromatic heterocycles. The number of hydrogen-bond donors (Lipinski definition) is 1. The predicted molar refractivity (Wildman–Crippen MR) is 72.5 cm³/mol. The van der Waals surface area contributed by atoms with Gasteiger partial charge in [0, 0.05) is 30.2 Å². The summed E-state index contributed by atoms with van der Waals surface area (Å²) in [4.78, 5) is 21.7. The molecule has 1 aromatic carbocycles. The number of benzene rings is 1. The second-order valence-electron chi connectivity index (χ2n) is 3.89. The first-order chi connectivity index (χ1) is 8.88. The number of hydrogen-bond acceptors (Lipinski definition) is 4. The number of halogens is 1. The fourth-order valence-electron chi connectivity index (χ4n) is 1.77. The van der Waals surface area contributed by atoms with Crippen LogP contribution in [0.4, 0.5) is 11.4 Å². The number of amides is 1. The molecule has 1 unspecified atom stereocenters. The normalized spacial score (nSPS) is 12.0. The monoisotopic (exact) mass is 286 g/mol. The average molecular weight is 287 g/mol. The van der Waals surface area contributed by atoms with Crippen molar-refractivity contribution in [3.8, 4) is 0 Å². The van der Waals surface area contributed by atoms with Crippen LogP contribution < -0.4 is 5.32 Å². The zero-order valence-electron chi connectivity index (χ0n) is 10.9. The summed E-state index contributed by atoms with van der Waals surface area (Å²) < 4.78 is 5.41. The summed E-state index contributed by atoms with van der Waals surface area (Å²) in [7, 11) is 0. The Kier molecular flexibility index (Phi) is 5.26. The highest BCUT2D eigenvalue weighted by Crippen LogP contribution is 2.38. The molecule has 19 heavy (non-hydrogen) atoms. The molecule has 0 saturated heterocycles. The molecule has 0 heterocycles. The average Bonchev–Trinajstić information content (AvgIpc) is 2.28. The van der Waals surface area contributed by atoms with Crippen LogP contribution in [0.2, 0.25) is 5.02 Å². The van der Waals surface area contributed by atoms with Crippen LogP contribution in [0.3, 0.4) is 0 Å². The van der Waals surface area contributed by atoms with Crippen LogP contribution in [0.25, 0.3) is 0 Å². The molecule has 1 rings (SSSR count). The molecule has 0 aliphatic rings. The van der Waals surface area contributed by atoms with E-state index in [0.717, 1.165) is 0 Å². The van der Waals surface area contributed by atoms with Crippen molar-refractivity contribution in [3.05, 3.63) is 32.8 Å². The standard InChI is InChI=1S/C12H15ClN2O4/c1-4-19-7(2)11-9(13)5-6-10(15(17)18)12(11)14-8(3)16/h5-7H,4H2,1-3H3,(H,14,16). The first-order valence-electron chi connectivity index (χ1n) is 5.74. The van der Waals surface area contributed by atoms with E-state index in [1.807, 2.05) is 0 Å². The van der Waals surface area contributed by atoms with Crippen molar-refractivity contribution in [2.75, 3.05) is 11.9 Å². The van der Waals surface area contributed by atoms with Crippen molar-refractivity contribution >= 4 is 28.9 Å². The quantitative estimate of drug-likeness (QED) is 0.665. The highest BCUT2D eigenvalue weighted by atomic mass is 35.5. The van der Waals surface area contributed by atoms with E-state index in [2.05, 4.69) is 5.32 Å². The smallest absolute Gasteiger partial charge is 0.293 e. The molecular formula is C12H15ClN2O4. The van der Waals surface area contributed by atoms with E-state index >= 15 is 0 Å². The van der Waals surface area contributed by atoms with E-state index in [1.54, 1.807) is 13.8 Å². The van der Waals surface area contributed by atoms with E-state index < -0.39 is 16.9 Å². The lowest BCUT2D eigenvalue weighted by molar-refractivity contribution is -0.384. The van der Waals surface area contributed by atoms with Gasteiger partial charge in [-0.3, -0.25) is 14.9 Å². The Bertz CT molecular complexity index is 505. The maximum atomic E-state index is 11.2. The van der Waals surface area contributed by atoms with Crippen molar-refractivity contribution < 1.29 is 14.5 Å². The zero-order valence-corrected chi connectivity index (χ0v) is 11.7. The molecule has 0 saturated carbocycles. The molecule has 0 aliphatic heterocycles. The molecule has 0 bridgehead atoms. The Morgan fingerprint density at radius 2 is 2.21 bits per heavy atom. The number of ether oxygens (including phenoxy) is 1. The number of rotatable bonds is 5. The minimum absolute atomic E-state index is 0.0888. The lowest BCUT2D eigenvalue weighted by atomic mass is 10.1. The van der Waals surface area contributed by atoms with Gasteiger partial charge < -0.3 is 10.1 Å². The number of nitrogens with one attached hydrogen (secondary N) is 1. The van der Waals surface area contributed by atoms with Crippen LogP contribution in [0.15, 0.2) is 12.1 Å². The Morgan fingerprint density at radius 1 is 1.58 bits per heavy atom. The van der Waals surface area contributed by atoms with E-state index in [0.29, 0.717) is 17.2 Å². The molecule has 1 amide bonds. The fraction of sp³-hybridized carbons (Fsp3) is 0.417. The van der Waals surface area contributed by atoms with Gasteiger partial charge >= 0.3 is 0 Å². The van der Waals surface area contributed by atoms with Gasteiger partial charge in [0.15, 0.2) is 0 Å². The molecule has 0 spiro atoms. The number of carbonyl (C=O) groups excluding carboxylic acids is 1. The Hall–Kier alpha value is -1.66. The third-order valence-corrected chi connectivity index (χ3v) is 2.82. The topological polar surface area (TPSA) is 81.5 Å². The third kappa shape index (κ3) is 3.65. The molecule has 0 fully saturated rings. The highest BCUT2D eigenvalue weighted by molar-refractivity contribution is 6.32. The van der Waals surface area contributed by atoms with Gasteiger partial charge in [-0.25, -0.2) is 0 Å². The third-order valence-electron chi connectivity index (χ3n) is 2.49. The van der Waals surface area contributed by atoms with Gasteiger partial charge in [0.1, 0.15) is 5.69 Å². The van der Waals surface area contributed by atoms with Gasteiger partial charge in [-0.15, -0.1) is 0 Å². The molecule has 0 radical (unpaired) electrons. The lowest BCUT2D eigenvalue weighted by Gasteiger charge is -2.18. The molecule has 1 aromatic rings. The van der Waals surface area contributed by atoms with Gasteiger partial charge in [-0.2, -0.15) is 0 Å². The number of nitro benzene ring substituents is 1. The molecule has 1 N–H and O–H groups in total. The fourth-order valence-corrected chi connectivity index (χ4v) is 2.08. The molecular weight excluding hydrogens is 272 g/mol. The largest absolute Gasteiger partial charge is 0.374 e. The molecule has 0 aliphatic carbocycles. The van der Waals surface area contributed by atoms with Crippen molar-refractivity contribution in [3.63, 3.8) is 0 Å². The van der Waals surface area contributed by atoms with Gasteiger partial charge in [0.05, 0.1) is 11.0 Å². The van der Waals surface area contributed by atoms with Crippen LogP contribution in [-0.2, 0) is 9.53 Å². The number of nitro groups is 1. The van der Waals surface area contributed by atoms with E-state index in [1.165, 1.54) is 19.1 Å². The molecule has 104 valence electrons. The van der Waals surface area contributed by atoms with Crippen LogP contribution in [0, 0.1) is 10.1 Å². The summed E-state index contributed by atoms with van der Waals surface area (Å²) in [6.45, 7) is 5.24. The van der Waals surface area contributed by atoms with Crippen molar-refractivity contribution in [1.29, 1.82) is 0 Å². The van der Waals surface area contributed by atoms with Crippen LogP contribution in [-0.4, -0.2) is 17.4 Å². The Balaban J connectivity index is 3.43. The summed E-state index contributed by atoms with van der Waals surface area (Å²) in [5.74, 6) is -0.407. The van der Waals surface area contributed by atoms with Gasteiger partial charge in [0.2, 0.25) is 5.91 Å². The lowest BCUT2D eigenvalue weighted by Crippen LogP contribution is -2.13. The number of anilines is 1. The number of nitrogens with zero attached hydrogens (tertiary/aromatic N) is 1. The van der Waals surface area contributed by atoms with Gasteiger partial charge in [0.25, 0.3) is 5.69 Å². The Labute approximate surface area is 115 Å². The minimum atomic E-state index is -0.566. The summed E-state index contributed by atoms with van der Waals surface area (Å²) in [6.07, 6.45) is -0.459. The second-order valence-corrected chi connectivity index (χ2v) is 4.30. The summed E-state index contributed by atoms with van der Waals surface area (Å²) in [5.41, 5.74) is 0.292. The van der Waals surface area contributed by atoms with E-state index in [-0.39, 0.29) is 11.4 Å². The minimum Gasteiger partial charge on any atom is -0.374 e. The Morgan fingerprint density at radius 3 is 2.68 bits per heavy atom. The first-order valence-corrected chi connectivity index (χ1v) is 6.12. The summed E-state index contributed by atoms with van der Waals surface area (Å²) in [5, 5.41) is 13.8. The van der Waals surface area contributed by atoms with E-state index in [9.17, 15) is 14.9 Å². The van der Waals surface area contributed by atoms with Crippen LogP contribution >= 0.6 is 11.6 Å².